The summed E-state index contributed by atoms with van der Waals surface area (Å²) in [5.41, 5.74) is 6.35. The molecule has 1 aromatic heterocycles. The molecule has 1 radical (unpaired) electrons. The third-order valence-corrected chi connectivity index (χ3v) is 1.93. The van der Waals surface area contributed by atoms with E-state index in [2.05, 4.69) is 11.2 Å². The number of primary amides is 1. The first-order chi connectivity index (χ1) is 6.20. The summed E-state index contributed by atoms with van der Waals surface area (Å²) in [6.45, 7) is 0. The van der Waals surface area contributed by atoms with E-state index in [1.807, 2.05) is 6.07 Å². The second-order valence-electron chi connectivity index (χ2n) is 2.78. The molecular weight excluding hydrogens is 166 g/mol. The monoisotopic (exact) mass is 174 g/mol. The summed E-state index contributed by atoms with van der Waals surface area (Å²) in [5.74, 6) is -0.509. The number of rotatable bonds is 1. The van der Waals surface area contributed by atoms with Crippen molar-refractivity contribution in [1.29, 1.82) is 0 Å². The van der Waals surface area contributed by atoms with Crippen LogP contribution in [0.1, 0.15) is 10.5 Å². The number of carbonyl (C=O) groups is 1. The number of nitrogens with two attached hydrogens (primary N) is 1. The maximum Gasteiger partial charge on any atom is 0.269 e. The summed E-state index contributed by atoms with van der Waals surface area (Å²) in [6.07, 6.45) is 0. The molecule has 0 aliphatic heterocycles. The lowest BCUT2D eigenvalue weighted by Crippen LogP contribution is -2.12. The molecule has 2 N–H and O–H groups in total. The van der Waals surface area contributed by atoms with Gasteiger partial charge in [0.2, 0.25) is 0 Å². The number of hydrogen-bond acceptors (Lipinski definition) is 2. The Morgan fingerprint density at radius 3 is 3.15 bits per heavy atom. The molecule has 0 saturated carbocycles. The van der Waals surface area contributed by atoms with Gasteiger partial charge in [0.25, 0.3) is 5.91 Å². The van der Waals surface area contributed by atoms with Crippen molar-refractivity contribution in [3.8, 4) is 0 Å². The van der Waals surface area contributed by atoms with Gasteiger partial charge in [-0.3, -0.25) is 9.48 Å². The van der Waals surface area contributed by atoms with Gasteiger partial charge in [-0.25, -0.2) is 0 Å². The molecule has 0 aliphatic carbocycles. The predicted octanol–water partition coefficient (Wildman–Crippen LogP) is 0.472. The Kier molecular flexibility index (Phi) is 1.55. The number of fused-ring (bicyclic) bond motifs is 1. The van der Waals surface area contributed by atoms with Crippen molar-refractivity contribution in [1.82, 2.24) is 9.78 Å². The number of benzene rings is 1. The Balaban J connectivity index is 2.85. The van der Waals surface area contributed by atoms with Crippen molar-refractivity contribution in [2.24, 2.45) is 12.8 Å². The lowest BCUT2D eigenvalue weighted by Gasteiger charge is -1.89. The van der Waals surface area contributed by atoms with E-state index in [9.17, 15) is 4.79 Å². The first-order valence-electron chi connectivity index (χ1n) is 3.83. The molecule has 2 aromatic rings. The summed E-state index contributed by atoms with van der Waals surface area (Å²) in [7, 11) is 1.77. The molecule has 0 aliphatic rings. The third kappa shape index (κ3) is 1.07. The first kappa shape index (κ1) is 7.79. The van der Waals surface area contributed by atoms with Gasteiger partial charge in [0.05, 0.1) is 5.52 Å². The van der Waals surface area contributed by atoms with Crippen molar-refractivity contribution in [2.75, 3.05) is 0 Å². The van der Waals surface area contributed by atoms with Gasteiger partial charge in [-0.1, -0.05) is 6.07 Å². The van der Waals surface area contributed by atoms with Gasteiger partial charge >= 0.3 is 0 Å². The molecular formula is C9H8N3O. The molecule has 0 atom stereocenters. The largest absolute Gasteiger partial charge is 0.364 e. The predicted molar refractivity (Wildman–Crippen MR) is 48.1 cm³/mol. The van der Waals surface area contributed by atoms with E-state index < -0.39 is 5.91 Å². The van der Waals surface area contributed by atoms with E-state index in [1.165, 1.54) is 0 Å². The van der Waals surface area contributed by atoms with E-state index in [4.69, 9.17) is 5.73 Å². The van der Waals surface area contributed by atoms with Crippen molar-refractivity contribution in [3.05, 3.63) is 30.0 Å². The fraction of sp³-hybridized carbons (Fsp3) is 0.111. The third-order valence-electron chi connectivity index (χ3n) is 1.93. The van der Waals surface area contributed by atoms with Crippen molar-refractivity contribution in [3.63, 3.8) is 0 Å². The van der Waals surface area contributed by atoms with E-state index in [1.54, 1.807) is 23.9 Å². The highest BCUT2D eigenvalue weighted by Crippen LogP contribution is 2.15. The molecule has 13 heavy (non-hydrogen) atoms. The Bertz CT molecular complexity index is 473. The minimum Gasteiger partial charge on any atom is -0.364 e. The average molecular weight is 174 g/mol. The van der Waals surface area contributed by atoms with E-state index in [0.717, 1.165) is 10.9 Å². The molecule has 2 rings (SSSR count). The molecule has 1 aromatic carbocycles. The number of amides is 1. The lowest BCUT2D eigenvalue weighted by molar-refractivity contribution is 0.0996. The zero-order chi connectivity index (χ0) is 9.42. The van der Waals surface area contributed by atoms with Crippen LogP contribution in [0.5, 0.6) is 0 Å². The summed E-state index contributed by atoms with van der Waals surface area (Å²) in [6, 6.07) is 8.21. The second-order valence-corrected chi connectivity index (χ2v) is 2.78. The van der Waals surface area contributed by atoms with Gasteiger partial charge in [0, 0.05) is 12.4 Å². The maximum absolute atomic E-state index is 11.0. The molecule has 0 fully saturated rings. The van der Waals surface area contributed by atoms with Crippen LogP contribution < -0.4 is 5.73 Å². The fourth-order valence-corrected chi connectivity index (χ4v) is 1.33. The molecule has 0 bridgehead atoms. The smallest absolute Gasteiger partial charge is 0.269 e. The number of aryl methyl sites for hydroxylation is 1. The lowest BCUT2D eigenvalue weighted by atomic mass is 10.2. The number of nitrogens with zero attached hydrogens (tertiary/aromatic N) is 2. The fourth-order valence-electron chi connectivity index (χ4n) is 1.33. The molecule has 4 nitrogen and oxygen atoms in total. The van der Waals surface area contributed by atoms with E-state index in [0.29, 0.717) is 5.69 Å². The topological polar surface area (TPSA) is 60.9 Å². The Hall–Kier alpha value is -1.84. The molecule has 0 spiro atoms. The van der Waals surface area contributed by atoms with Crippen molar-refractivity contribution < 1.29 is 4.79 Å². The Labute approximate surface area is 75.0 Å². The number of aromatic nitrogens is 2. The number of hydrogen-bond donors (Lipinski definition) is 1. The maximum atomic E-state index is 11.0. The normalized spacial score (nSPS) is 10.5. The van der Waals surface area contributed by atoms with Crippen LogP contribution in [0.3, 0.4) is 0 Å². The van der Waals surface area contributed by atoms with Gasteiger partial charge < -0.3 is 5.73 Å². The first-order valence-corrected chi connectivity index (χ1v) is 3.83. The van der Waals surface area contributed by atoms with Gasteiger partial charge in [-0.15, -0.1) is 0 Å². The van der Waals surface area contributed by atoms with Gasteiger partial charge in [0.1, 0.15) is 0 Å². The van der Waals surface area contributed by atoms with Crippen LogP contribution in [0, 0.1) is 6.07 Å². The van der Waals surface area contributed by atoms with Crippen molar-refractivity contribution >= 4 is 16.8 Å². The van der Waals surface area contributed by atoms with Crippen LogP contribution >= 0.6 is 0 Å². The molecule has 1 heterocycles. The highest BCUT2D eigenvalue weighted by Gasteiger charge is 2.11. The van der Waals surface area contributed by atoms with Crippen LogP contribution in [0.25, 0.3) is 10.9 Å². The summed E-state index contributed by atoms with van der Waals surface area (Å²) >= 11 is 0. The van der Waals surface area contributed by atoms with Crippen LogP contribution in [0.15, 0.2) is 18.2 Å². The summed E-state index contributed by atoms with van der Waals surface area (Å²) in [5, 5.41) is 4.76. The van der Waals surface area contributed by atoms with Crippen molar-refractivity contribution in [2.45, 2.75) is 0 Å². The number of carbonyl (C=O) groups excluding carboxylic acids is 1. The molecule has 65 valence electrons. The van der Waals surface area contributed by atoms with Gasteiger partial charge in [-0.05, 0) is 18.2 Å². The second kappa shape index (κ2) is 2.58. The quantitative estimate of drug-likeness (QED) is 0.683. The van der Waals surface area contributed by atoms with Crippen LogP contribution in [-0.4, -0.2) is 15.7 Å². The van der Waals surface area contributed by atoms with E-state index in [-0.39, 0.29) is 0 Å². The van der Waals surface area contributed by atoms with Crippen LogP contribution in [0.4, 0.5) is 0 Å². The van der Waals surface area contributed by atoms with Crippen LogP contribution in [-0.2, 0) is 7.05 Å². The molecule has 0 unspecified atom stereocenters. The molecule has 4 heteroatoms. The highest BCUT2D eigenvalue weighted by atomic mass is 16.1. The summed E-state index contributed by atoms with van der Waals surface area (Å²) in [4.78, 5) is 11.0. The standard InChI is InChI=1S/C9H8N3O/c1-12-7-5-3-2-4-6(7)8(11-12)9(10)13/h3-5H,1H3,(H2,10,13). The zero-order valence-corrected chi connectivity index (χ0v) is 7.11. The van der Waals surface area contributed by atoms with Gasteiger partial charge in [0.15, 0.2) is 5.69 Å². The minimum atomic E-state index is -0.509. The van der Waals surface area contributed by atoms with Gasteiger partial charge in [-0.2, -0.15) is 5.10 Å². The highest BCUT2D eigenvalue weighted by molar-refractivity contribution is 6.03. The summed E-state index contributed by atoms with van der Waals surface area (Å²) < 4.78 is 1.63. The Morgan fingerprint density at radius 1 is 1.69 bits per heavy atom. The zero-order valence-electron chi connectivity index (χ0n) is 7.11. The SMILES string of the molecule is Cn1nc(C(N)=O)c2c[c]ccc21. The average Bonchev–Trinajstić information content (AvgIpc) is 2.45. The van der Waals surface area contributed by atoms with E-state index >= 15 is 0 Å². The minimum absolute atomic E-state index is 0.300. The molecule has 1 amide bonds. The van der Waals surface area contributed by atoms with Crippen LogP contribution in [0.2, 0.25) is 0 Å². The Morgan fingerprint density at radius 2 is 2.46 bits per heavy atom. The molecule has 0 saturated heterocycles.